The van der Waals surface area contributed by atoms with E-state index in [0.717, 1.165) is 7.05 Å². The second-order valence-corrected chi connectivity index (χ2v) is 3.32. The SMILES string of the molecule is Cn1nc(C#N)c(I)c1C(F)(F)F. The lowest BCUT2D eigenvalue weighted by Crippen LogP contribution is -2.13. The minimum atomic E-state index is -4.46. The van der Waals surface area contributed by atoms with Crippen LogP contribution in [0.4, 0.5) is 13.2 Å². The van der Waals surface area contributed by atoms with Gasteiger partial charge in [0.25, 0.3) is 0 Å². The van der Waals surface area contributed by atoms with E-state index >= 15 is 0 Å². The van der Waals surface area contributed by atoms with Crippen LogP contribution in [0.1, 0.15) is 11.4 Å². The Morgan fingerprint density at radius 1 is 1.54 bits per heavy atom. The van der Waals surface area contributed by atoms with Gasteiger partial charge in [-0.05, 0) is 22.6 Å². The van der Waals surface area contributed by atoms with Crippen molar-refractivity contribution in [1.82, 2.24) is 9.78 Å². The summed E-state index contributed by atoms with van der Waals surface area (Å²) in [6, 6.07) is 1.59. The topological polar surface area (TPSA) is 41.6 Å². The number of alkyl halides is 3. The zero-order valence-corrected chi connectivity index (χ0v) is 8.51. The van der Waals surface area contributed by atoms with Gasteiger partial charge in [-0.1, -0.05) is 0 Å². The van der Waals surface area contributed by atoms with Gasteiger partial charge in [0, 0.05) is 7.05 Å². The van der Waals surface area contributed by atoms with E-state index in [9.17, 15) is 13.2 Å². The van der Waals surface area contributed by atoms with Crippen LogP contribution >= 0.6 is 22.6 Å². The van der Waals surface area contributed by atoms with Crippen LogP contribution in [0.5, 0.6) is 0 Å². The monoisotopic (exact) mass is 301 g/mol. The van der Waals surface area contributed by atoms with E-state index in [-0.39, 0.29) is 9.26 Å². The molecule has 0 spiro atoms. The quantitative estimate of drug-likeness (QED) is 0.687. The van der Waals surface area contributed by atoms with Crippen LogP contribution in [0, 0.1) is 14.9 Å². The summed E-state index contributed by atoms with van der Waals surface area (Å²) in [5, 5.41) is 11.8. The van der Waals surface area contributed by atoms with Gasteiger partial charge in [-0.15, -0.1) is 0 Å². The molecule has 0 N–H and O–H groups in total. The Bertz CT molecular complexity index is 374. The largest absolute Gasteiger partial charge is 0.434 e. The highest BCUT2D eigenvalue weighted by Gasteiger charge is 2.38. The molecule has 1 aromatic heterocycles. The number of aryl methyl sites for hydroxylation is 1. The minimum Gasteiger partial charge on any atom is -0.261 e. The zero-order valence-electron chi connectivity index (χ0n) is 6.35. The third-order valence-corrected chi connectivity index (χ3v) is 2.39. The van der Waals surface area contributed by atoms with Gasteiger partial charge in [-0.3, -0.25) is 4.68 Å². The van der Waals surface area contributed by atoms with Gasteiger partial charge in [-0.2, -0.15) is 23.5 Å². The Morgan fingerprint density at radius 3 is 2.31 bits per heavy atom. The maximum atomic E-state index is 12.3. The molecule has 70 valence electrons. The van der Waals surface area contributed by atoms with Crippen molar-refractivity contribution in [3.63, 3.8) is 0 Å². The summed E-state index contributed by atoms with van der Waals surface area (Å²) in [7, 11) is 1.16. The zero-order chi connectivity index (χ0) is 10.2. The van der Waals surface area contributed by atoms with Crippen LogP contribution in [0.15, 0.2) is 0 Å². The molecule has 3 nitrogen and oxygen atoms in total. The molecule has 0 aliphatic rings. The van der Waals surface area contributed by atoms with Crippen molar-refractivity contribution in [3.8, 4) is 6.07 Å². The average Bonchev–Trinajstić information content (AvgIpc) is 2.24. The van der Waals surface area contributed by atoms with E-state index in [1.807, 2.05) is 0 Å². The fourth-order valence-electron chi connectivity index (χ4n) is 0.877. The summed E-state index contributed by atoms with van der Waals surface area (Å²) in [6.07, 6.45) is -4.46. The first kappa shape index (κ1) is 10.3. The highest BCUT2D eigenvalue weighted by molar-refractivity contribution is 14.1. The van der Waals surface area contributed by atoms with Crippen molar-refractivity contribution in [2.75, 3.05) is 0 Å². The molecule has 1 aromatic rings. The van der Waals surface area contributed by atoms with Gasteiger partial charge in [-0.25, -0.2) is 0 Å². The molecule has 1 rings (SSSR count). The van der Waals surface area contributed by atoms with E-state index in [4.69, 9.17) is 5.26 Å². The Kier molecular flexibility index (Phi) is 2.51. The van der Waals surface area contributed by atoms with E-state index in [1.165, 1.54) is 22.6 Å². The maximum absolute atomic E-state index is 12.3. The first-order valence-corrected chi connectivity index (χ1v) is 4.15. The second kappa shape index (κ2) is 3.17. The average molecular weight is 301 g/mol. The molecule has 7 heteroatoms. The predicted octanol–water partition coefficient (Wildman–Crippen LogP) is 1.92. The summed E-state index contributed by atoms with van der Waals surface area (Å²) in [5.74, 6) is 0. The normalized spacial score (nSPS) is 11.4. The molecule has 0 aliphatic carbocycles. The molecule has 13 heavy (non-hydrogen) atoms. The predicted molar refractivity (Wildman–Crippen MR) is 45.6 cm³/mol. The summed E-state index contributed by atoms with van der Waals surface area (Å²) in [4.78, 5) is 0. The van der Waals surface area contributed by atoms with Gasteiger partial charge in [0.05, 0.1) is 3.57 Å². The molecular weight excluding hydrogens is 298 g/mol. The molecule has 0 fully saturated rings. The van der Waals surface area contributed by atoms with Gasteiger partial charge in [0.2, 0.25) is 0 Å². The molecule has 0 saturated heterocycles. The van der Waals surface area contributed by atoms with Crippen LogP contribution in [0.25, 0.3) is 0 Å². The number of aromatic nitrogens is 2. The van der Waals surface area contributed by atoms with Crippen LogP contribution in [-0.2, 0) is 13.2 Å². The van der Waals surface area contributed by atoms with Crippen molar-refractivity contribution in [2.45, 2.75) is 6.18 Å². The lowest BCUT2D eigenvalue weighted by molar-refractivity contribution is -0.144. The van der Waals surface area contributed by atoms with Gasteiger partial charge < -0.3 is 0 Å². The fourth-order valence-corrected chi connectivity index (χ4v) is 1.76. The highest BCUT2D eigenvalue weighted by Crippen LogP contribution is 2.33. The van der Waals surface area contributed by atoms with E-state index in [0.29, 0.717) is 4.68 Å². The molecule has 0 aliphatic heterocycles. The van der Waals surface area contributed by atoms with Crippen molar-refractivity contribution in [1.29, 1.82) is 5.26 Å². The molecule has 0 amide bonds. The third-order valence-electron chi connectivity index (χ3n) is 1.36. The Balaban J connectivity index is 3.40. The fraction of sp³-hybridized carbons (Fsp3) is 0.333. The number of nitrogens with zero attached hydrogens (tertiary/aromatic N) is 3. The van der Waals surface area contributed by atoms with Gasteiger partial charge in [0.15, 0.2) is 11.4 Å². The van der Waals surface area contributed by atoms with Crippen molar-refractivity contribution < 1.29 is 13.2 Å². The standard InChI is InChI=1S/C6H3F3IN3/c1-13-5(6(7,8)9)4(10)3(2-11)12-13/h1H3. The molecule has 0 unspecified atom stereocenters. The number of halogens is 4. The molecule has 0 aromatic carbocycles. The Hall–Kier alpha value is -0.780. The number of rotatable bonds is 0. The smallest absolute Gasteiger partial charge is 0.261 e. The molecule has 1 heterocycles. The molecular formula is C6H3F3IN3. The van der Waals surface area contributed by atoms with Crippen molar-refractivity contribution >= 4 is 22.6 Å². The molecule has 0 atom stereocenters. The molecule has 0 bridgehead atoms. The summed E-state index contributed by atoms with van der Waals surface area (Å²) in [6.45, 7) is 0. The number of nitriles is 1. The van der Waals surface area contributed by atoms with Crippen LogP contribution in [0.3, 0.4) is 0 Å². The Morgan fingerprint density at radius 2 is 2.08 bits per heavy atom. The first-order valence-electron chi connectivity index (χ1n) is 3.07. The van der Waals surface area contributed by atoms with E-state index in [1.54, 1.807) is 6.07 Å². The summed E-state index contributed by atoms with van der Waals surface area (Å²) < 4.78 is 37.4. The van der Waals surface area contributed by atoms with Crippen molar-refractivity contribution in [2.24, 2.45) is 7.05 Å². The first-order chi connectivity index (χ1) is 5.88. The lowest BCUT2D eigenvalue weighted by Gasteiger charge is -2.06. The maximum Gasteiger partial charge on any atom is 0.434 e. The van der Waals surface area contributed by atoms with E-state index < -0.39 is 11.9 Å². The molecule has 0 radical (unpaired) electrons. The van der Waals surface area contributed by atoms with Crippen LogP contribution in [-0.4, -0.2) is 9.78 Å². The lowest BCUT2D eigenvalue weighted by atomic mass is 10.3. The van der Waals surface area contributed by atoms with Crippen LogP contribution in [0.2, 0.25) is 0 Å². The third kappa shape index (κ3) is 1.77. The van der Waals surface area contributed by atoms with E-state index in [2.05, 4.69) is 5.10 Å². The second-order valence-electron chi connectivity index (χ2n) is 2.24. The van der Waals surface area contributed by atoms with Crippen molar-refractivity contribution in [3.05, 3.63) is 15.0 Å². The highest BCUT2D eigenvalue weighted by atomic mass is 127. The number of hydrogen-bond acceptors (Lipinski definition) is 2. The summed E-state index contributed by atoms with van der Waals surface area (Å²) >= 11 is 1.46. The molecule has 0 saturated carbocycles. The summed E-state index contributed by atoms with van der Waals surface area (Å²) in [5.41, 5.74) is -1.08. The number of hydrogen-bond donors (Lipinski definition) is 0. The van der Waals surface area contributed by atoms with Gasteiger partial charge in [0.1, 0.15) is 6.07 Å². The minimum absolute atomic E-state index is 0.157. The Labute approximate surface area is 85.3 Å². The van der Waals surface area contributed by atoms with Gasteiger partial charge >= 0.3 is 6.18 Å². The van der Waals surface area contributed by atoms with Crippen LogP contribution < -0.4 is 0 Å².